The molecule has 3 heterocycles. The van der Waals surface area contributed by atoms with E-state index in [-0.39, 0.29) is 11.9 Å². The third-order valence-electron chi connectivity index (χ3n) is 4.56. The van der Waals surface area contributed by atoms with Crippen LogP contribution in [0.15, 0.2) is 36.7 Å². The van der Waals surface area contributed by atoms with Crippen molar-refractivity contribution >= 4 is 33.3 Å². The van der Waals surface area contributed by atoms with Gasteiger partial charge < -0.3 is 10.2 Å². The lowest BCUT2D eigenvalue weighted by molar-refractivity contribution is -0.128. The Kier molecular flexibility index (Phi) is 4.13. The van der Waals surface area contributed by atoms with Crippen LogP contribution in [0.4, 0.5) is 5.82 Å². The number of fused-ring (bicyclic) bond motifs is 1. The lowest BCUT2D eigenvalue weighted by Gasteiger charge is -2.17. The fourth-order valence-corrected chi connectivity index (χ4v) is 4.05. The number of nitrogens with zero attached hydrogens (tertiary/aromatic N) is 3. The molecule has 4 rings (SSSR count). The van der Waals surface area contributed by atoms with Crippen LogP contribution in [0.25, 0.3) is 10.2 Å². The van der Waals surface area contributed by atoms with Crippen LogP contribution in [0.2, 0.25) is 0 Å². The Morgan fingerprint density at radius 2 is 2.04 bits per heavy atom. The number of likely N-dealkylation sites (tertiary alicyclic amines) is 1. The van der Waals surface area contributed by atoms with Gasteiger partial charge in [-0.05, 0) is 31.9 Å². The second-order valence-electron chi connectivity index (χ2n) is 6.53. The van der Waals surface area contributed by atoms with E-state index >= 15 is 0 Å². The minimum Gasteiger partial charge on any atom is -0.358 e. The van der Waals surface area contributed by atoms with Crippen molar-refractivity contribution in [3.05, 3.63) is 52.7 Å². The van der Waals surface area contributed by atoms with Gasteiger partial charge in [0.2, 0.25) is 5.91 Å². The quantitative estimate of drug-likeness (QED) is 0.780. The maximum Gasteiger partial charge on any atom is 0.245 e. The molecule has 128 valence electrons. The molecule has 0 radical (unpaired) electrons. The number of aryl methyl sites for hydroxylation is 2. The van der Waals surface area contributed by atoms with Gasteiger partial charge >= 0.3 is 0 Å². The molecule has 0 bridgehead atoms. The fourth-order valence-electron chi connectivity index (χ4n) is 3.20. The van der Waals surface area contributed by atoms with Gasteiger partial charge in [0.05, 0.1) is 5.39 Å². The van der Waals surface area contributed by atoms with Crippen LogP contribution in [0, 0.1) is 13.8 Å². The van der Waals surface area contributed by atoms with Crippen molar-refractivity contribution in [3.8, 4) is 0 Å². The van der Waals surface area contributed by atoms with E-state index in [0.29, 0.717) is 6.54 Å². The summed E-state index contributed by atoms with van der Waals surface area (Å²) in [7, 11) is 0. The summed E-state index contributed by atoms with van der Waals surface area (Å²) in [4.78, 5) is 25.5. The number of anilines is 1. The van der Waals surface area contributed by atoms with Gasteiger partial charge in [0.1, 0.15) is 23.0 Å². The topological polar surface area (TPSA) is 58.1 Å². The van der Waals surface area contributed by atoms with Crippen LogP contribution in [-0.4, -0.2) is 33.4 Å². The van der Waals surface area contributed by atoms with Gasteiger partial charge in [0.15, 0.2) is 0 Å². The molecule has 1 aliphatic heterocycles. The van der Waals surface area contributed by atoms with E-state index < -0.39 is 0 Å². The predicted octanol–water partition coefficient (Wildman–Crippen LogP) is 3.52. The Labute approximate surface area is 150 Å². The van der Waals surface area contributed by atoms with Crippen LogP contribution in [0.5, 0.6) is 0 Å². The highest BCUT2D eigenvalue weighted by molar-refractivity contribution is 7.18. The number of nitrogens with one attached hydrogen (secondary N) is 1. The minimum atomic E-state index is -0.219. The van der Waals surface area contributed by atoms with Crippen molar-refractivity contribution in [2.24, 2.45) is 0 Å². The Balaban J connectivity index is 1.48. The fraction of sp³-hybridized carbons (Fsp3) is 0.316. The Morgan fingerprint density at radius 1 is 1.24 bits per heavy atom. The number of hydrogen-bond donors (Lipinski definition) is 1. The van der Waals surface area contributed by atoms with Gasteiger partial charge in [-0.3, -0.25) is 4.79 Å². The Hall–Kier alpha value is -2.47. The molecule has 1 saturated heterocycles. The standard InChI is InChI=1S/C19H20N4OS/c1-12-3-5-14(6-4-12)10-23-8-7-16(19(23)24)22-17-15-9-13(2)25-18(15)21-11-20-17/h3-6,9,11,16H,7-8,10H2,1-2H3,(H,20,21,22). The molecule has 0 saturated carbocycles. The molecule has 25 heavy (non-hydrogen) atoms. The number of carbonyl (C=O) groups excluding carboxylic acids is 1. The van der Waals surface area contributed by atoms with Crippen LogP contribution < -0.4 is 5.32 Å². The lowest BCUT2D eigenvalue weighted by Crippen LogP contribution is -2.33. The highest BCUT2D eigenvalue weighted by Crippen LogP contribution is 2.29. The first-order valence-corrected chi connectivity index (χ1v) is 9.24. The molecule has 1 fully saturated rings. The van der Waals surface area contributed by atoms with Crippen LogP contribution in [-0.2, 0) is 11.3 Å². The third kappa shape index (κ3) is 3.22. The highest BCUT2D eigenvalue weighted by atomic mass is 32.1. The molecule has 5 nitrogen and oxygen atoms in total. The largest absolute Gasteiger partial charge is 0.358 e. The number of thiophene rings is 1. The summed E-state index contributed by atoms with van der Waals surface area (Å²) in [6.45, 7) is 5.55. The second kappa shape index (κ2) is 6.44. The van der Waals surface area contributed by atoms with Crippen LogP contribution in [0.1, 0.15) is 22.4 Å². The van der Waals surface area contributed by atoms with Crippen molar-refractivity contribution in [2.45, 2.75) is 32.9 Å². The Bertz CT molecular complexity index is 919. The molecule has 6 heteroatoms. The second-order valence-corrected chi connectivity index (χ2v) is 7.76. The van der Waals surface area contributed by atoms with Gasteiger partial charge in [0.25, 0.3) is 0 Å². The molecule has 3 aromatic rings. The maximum absolute atomic E-state index is 12.7. The van der Waals surface area contributed by atoms with Crippen LogP contribution in [0.3, 0.4) is 0 Å². The minimum absolute atomic E-state index is 0.138. The number of rotatable bonds is 4. The van der Waals surface area contributed by atoms with E-state index in [0.717, 1.165) is 34.6 Å². The first kappa shape index (κ1) is 16.0. The zero-order chi connectivity index (χ0) is 17.4. The molecule has 1 aliphatic rings. The van der Waals surface area contributed by atoms with E-state index in [2.05, 4.69) is 59.5 Å². The van der Waals surface area contributed by atoms with E-state index in [1.807, 2.05) is 4.90 Å². The van der Waals surface area contributed by atoms with E-state index in [4.69, 9.17) is 0 Å². The number of carbonyl (C=O) groups is 1. The smallest absolute Gasteiger partial charge is 0.245 e. The summed E-state index contributed by atoms with van der Waals surface area (Å²) >= 11 is 1.64. The lowest BCUT2D eigenvalue weighted by atomic mass is 10.1. The zero-order valence-corrected chi connectivity index (χ0v) is 15.1. The van der Waals surface area contributed by atoms with Crippen molar-refractivity contribution < 1.29 is 4.79 Å². The number of benzene rings is 1. The van der Waals surface area contributed by atoms with Gasteiger partial charge in [-0.1, -0.05) is 29.8 Å². The van der Waals surface area contributed by atoms with Gasteiger partial charge in [-0.25, -0.2) is 9.97 Å². The molecule has 1 N–H and O–H groups in total. The molecular formula is C19H20N4OS. The monoisotopic (exact) mass is 352 g/mol. The summed E-state index contributed by atoms with van der Waals surface area (Å²) in [5.41, 5.74) is 2.40. The molecule has 0 spiro atoms. The van der Waals surface area contributed by atoms with Crippen LogP contribution >= 0.6 is 11.3 Å². The van der Waals surface area contributed by atoms with E-state index in [9.17, 15) is 4.79 Å². The number of amides is 1. The number of hydrogen-bond acceptors (Lipinski definition) is 5. The molecular weight excluding hydrogens is 332 g/mol. The normalized spacial score (nSPS) is 17.4. The van der Waals surface area contributed by atoms with Gasteiger partial charge in [-0.2, -0.15) is 0 Å². The third-order valence-corrected chi connectivity index (χ3v) is 5.51. The summed E-state index contributed by atoms with van der Waals surface area (Å²) in [5, 5.41) is 4.33. The Morgan fingerprint density at radius 3 is 2.84 bits per heavy atom. The average molecular weight is 352 g/mol. The summed E-state index contributed by atoms with van der Waals surface area (Å²) in [5.74, 6) is 0.893. The summed E-state index contributed by atoms with van der Waals surface area (Å²) in [6, 6.07) is 10.2. The molecule has 0 aliphatic carbocycles. The number of aromatic nitrogens is 2. The average Bonchev–Trinajstić information content (AvgIpc) is 3.14. The molecule has 1 aromatic carbocycles. The van der Waals surface area contributed by atoms with Crippen molar-refractivity contribution in [2.75, 3.05) is 11.9 Å². The van der Waals surface area contributed by atoms with Gasteiger partial charge in [-0.15, -0.1) is 11.3 Å². The van der Waals surface area contributed by atoms with E-state index in [1.165, 1.54) is 10.4 Å². The highest BCUT2D eigenvalue weighted by Gasteiger charge is 2.32. The molecule has 1 amide bonds. The van der Waals surface area contributed by atoms with E-state index in [1.54, 1.807) is 17.7 Å². The molecule has 1 unspecified atom stereocenters. The predicted molar refractivity (Wildman–Crippen MR) is 101 cm³/mol. The first-order valence-electron chi connectivity index (χ1n) is 8.42. The van der Waals surface area contributed by atoms with Crippen molar-refractivity contribution in [1.82, 2.24) is 14.9 Å². The maximum atomic E-state index is 12.7. The van der Waals surface area contributed by atoms with Crippen molar-refractivity contribution in [1.29, 1.82) is 0 Å². The van der Waals surface area contributed by atoms with Crippen molar-refractivity contribution in [3.63, 3.8) is 0 Å². The molecule has 1 atom stereocenters. The summed E-state index contributed by atoms with van der Waals surface area (Å²) < 4.78 is 0. The first-order chi connectivity index (χ1) is 12.1. The van der Waals surface area contributed by atoms with Gasteiger partial charge in [0, 0.05) is 18.0 Å². The molecule has 2 aromatic heterocycles. The SMILES string of the molecule is Cc1ccc(CN2CCC(Nc3ncnc4sc(C)cc34)C2=O)cc1. The summed E-state index contributed by atoms with van der Waals surface area (Å²) in [6.07, 6.45) is 2.35. The zero-order valence-electron chi connectivity index (χ0n) is 14.3.